The summed E-state index contributed by atoms with van der Waals surface area (Å²) in [6, 6.07) is 5.67. The van der Waals surface area contributed by atoms with Crippen LogP contribution in [-0.4, -0.2) is 29.6 Å². The Morgan fingerprint density at radius 2 is 1.90 bits per heavy atom. The van der Waals surface area contributed by atoms with E-state index in [1.54, 1.807) is 12.1 Å². The Balaban J connectivity index is 1.39. The van der Waals surface area contributed by atoms with Gasteiger partial charge >= 0.3 is 0 Å². The molecule has 5 nitrogen and oxygen atoms in total. The molecule has 2 aliphatic heterocycles. The molecule has 0 bridgehead atoms. The van der Waals surface area contributed by atoms with E-state index in [4.69, 9.17) is 17.0 Å². The van der Waals surface area contributed by atoms with Gasteiger partial charge in [0, 0.05) is 40.4 Å². The number of nitriles is 1. The maximum atomic E-state index is 12.9. The number of benzene rings is 1. The van der Waals surface area contributed by atoms with E-state index in [-0.39, 0.29) is 11.3 Å². The van der Waals surface area contributed by atoms with Crippen LogP contribution in [0.3, 0.4) is 0 Å². The molecule has 5 rings (SSSR count). The number of carbonyl (C=O) groups is 1. The van der Waals surface area contributed by atoms with Gasteiger partial charge in [-0.05, 0) is 79.9 Å². The van der Waals surface area contributed by atoms with Crippen LogP contribution in [0.25, 0.3) is 0 Å². The normalized spacial score (nSPS) is 22.5. The quantitative estimate of drug-likeness (QED) is 0.674. The molecule has 2 heterocycles. The van der Waals surface area contributed by atoms with Crippen molar-refractivity contribution >= 4 is 23.2 Å². The molecule has 0 radical (unpaired) electrons. The van der Waals surface area contributed by atoms with E-state index in [9.17, 15) is 10.1 Å². The summed E-state index contributed by atoms with van der Waals surface area (Å²) in [5.41, 5.74) is 5.71. The van der Waals surface area contributed by atoms with Crippen LogP contribution in [0.5, 0.6) is 0 Å². The number of amides is 1. The predicted molar refractivity (Wildman–Crippen MR) is 121 cm³/mol. The number of halogens is 1. The summed E-state index contributed by atoms with van der Waals surface area (Å²) in [5, 5.41) is 21.5. The van der Waals surface area contributed by atoms with E-state index in [2.05, 4.69) is 22.9 Å². The molecule has 0 atom stereocenters. The van der Waals surface area contributed by atoms with Crippen LogP contribution in [0.15, 0.2) is 47.3 Å². The topological polar surface area (TPSA) is 80.0 Å². The van der Waals surface area contributed by atoms with Crippen molar-refractivity contribution in [2.75, 3.05) is 13.1 Å². The summed E-state index contributed by atoms with van der Waals surface area (Å²) < 4.78 is 0. The van der Waals surface area contributed by atoms with Crippen molar-refractivity contribution in [3.05, 3.63) is 69.0 Å². The zero-order valence-corrected chi connectivity index (χ0v) is 18.2. The summed E-state index contributed by atoms with van der Waals surface area (Å²) in [6.45, 7) is 5.79. The molecule has 1 fully saturated rings. The molecule has 1 amide bonds. The van der Waals surface area contributed by atoms with Gasteiger partial charge in [-0.3, -0.25) is 4.79 Å². The second-order valence-electron chi connectivity index (χ2n) is 9.09. The lowest BCUT2D eigenvalue weighted by Crippen LogP contribution is -2.45. The maximum Gasteiger partial charge on any atom is 0.252 e. The number of piperidine rings is 1. The first-order chi connectivity index (χ1) is 14.9. The van der Waals surface area contributed by atoms with Crippen molar-refractivity contribution in [1.29, 1.82) is 10.7 Å². The number of hydrogen-bond donors (Lipinski definition) is 2. The van der Waals surface area contributed by atoms with Gasteiger partial charge in [-0.25, -0.2) is 0 Å². The van der Waals surface area contributed by atoms with Crippen LogP contribution in [0.1, 0.15) is 61.6 Å². The number of nitrogens with zero attached hydrogens (tertiary/aromatic N) is 2. The number of nitrogens with one attached hydrogen (secondary N) is 2. The molecule has 2 N–H and O–H groups in total. The number of allylic oxidation sites excluding steroid dienone is 3. The standard InChI is InChI=1S/C25H25ClN4O/c1-15-10-22(29-24(31)18-5-3-2-4-17(15)18)30-8-6-25(7-9-30)13-21(28)19-11-16(14-27)12-20(26)23(19)25/h10-12,28H,1-9,13H2,(H,29,31). The van der Waals surface area contributed by atoms with Gasteiger partial charge in [0.2, 0.25) is 0 Å². The summed E-state index contributed by atoms with van der Waals surface area (Å²) >= 11 is 6.61. The predicted octanol–water partition coefficient (Wildman–Crippen LogP) is 4.71. The van der Waals surface area contributed by atoms with Crippen LogP contribution in [0.2, 0.25) is 5.02 Å². The highest BCUT2D eigenvalue weighted by molar-refractivity contribution is 6.32. The van der Waals surface area contributed by atoms with Crippen LogP contribution < -0.4 is 5.32 Å². The second kappa shape index (κ2) is 7.39. The molecule has 1 aromatic rings. The number of carbonyl (C=O) groups excluding carboxylic acids is 1. The molecule has 1 saturated heterocycles. The number of rotatable bonds is 1. The molecule has 4 aliphatic rings. The van der Waals surface area contributed by atoms with Crippen molar-refractivity contribution in [2.45, 2.75) is 50.4 Å². The van der Waals surface area contributed by atoms with E-state index in [0.717, 1.165) is 85.3 Å². The molecule has 158 valence electrons. The molecule has 0 aromatic heterocycles. The minimum atomic E-state index is -0.169. The van der Waals surface area contributed by atoms with Gasteiger partial charge in [0.25, 0.3) is 5.91 Å². The largest absolute Gasteiger partial charge is 0.358 e. The molecule has 2 aliphatic carbocycles. The highest BCUT2D eigenvalue weighted by atomic mass is 35.5. The summed E-state index contributed by atoms with van der Waals surface area (Å²) in [5.74, 6) is 0.846. The van der Waals surface area contributed by atoms with Crippen LogP contribution in [0.4, 0.5) is 0 Å². The Bertz CT molecular complexity index is 1130. The molecule has 0 unspecified atom stereocenters. The van der Waals surface area contributed by atoms with Gasteiger partial charge in [0.15, 0.2) is 0 Å². The van der Waals surface area contributed by atoms with E-state index in [1.165, 1.54) is 0 Å². The fourth-order valence-electron chi connectivity index (χ4n) is 5.73. The fraction of sp³-hybridized carbons (Fsp3) is 0.400. The summed E-state index contributed by atoms with van der Waals surface area (Å²) in [6.07, 6.45) is 8.30. The van der Waals surface area contributed by atoms with Crippen molar-refractivity contribution in [3.8, 4) is 6.07 Å². The Morgan fingerprint density at radius 1 is 1.19 bits per heavy atom. The average Bonchev–Trinajstić information content (AvgIpc) is 2.97. The van der Waals surface area contributed by atoms with Crippen molar-refractivity contribution in [3.63, 3.8) is 0 Å². The lowest BCUT2D eigenvalue weighted by Gasteiger charge is -2.41. The highest BCUT2D eigenvalue weighted by Crippen LogP contribution is 2.49. The third-order valence-electron chi connectivity index (χ3n) is 7.33. The Hall–Kier alpha value is -2.84. The fourth-order valence-corrected chi connectivity index (χ4v) is 6.15. The average molecular weight is 433 g/mol. The molecule has 1 aromatic carbocycles. The monoisotopic (exact) mass is 432 g/mol. The van der Waals surface area contributed by atoms with Gasteiger partial charge in [-0.1, -0.05) is 18.2 Å². The smallest absolute Gasteiger partial charge is 0.252 e. The van der Waals surface area contributed by atoms with Crippen molar-refractivity contribution in [2.24, 2.45) is 0 Å². The summed E-state index contributed by atoms with van der Waals surface area (Å²) in [4.78, 5) is 15.1. The number of likely N-dealkylation sites (tertiary alicyclic amines) is 1. The second-order valence-corrected chi connectivity index (χ2v) is 9.50. The Kier molecular flexibility index (Phi) is 4.79. The van der Waals surface area contributed by atoms with Gasteiger partial charge in [0.1, 0.15) is 5.82 Å². The minimum Gasteiger partial charge on any atom is -0.358 e. The third-order valence-corrected chi connectivity index (χ3v) is 7.63. The first kappa shape index (κ1) is 20.1. The van der Waals surface area contributed by atoms with Crippen LogP contribution in [0, 0.1) is 16.7 Å². The van der Waals surface area contributed by atoms with E-state index < -0.39 is 0 Å². The molecular formula is C25H25ClN4O. The van der Waals surface area contributed by atoms with Gasteiger partial charge in [-0.2, -0.15) is 5.26 Å². The lowest BCUT2D eigenvalue weighted by atomic mass is 9.73. The van der Waals surface area contributed by atoms with Gasteiger partial charge in [0.05, 0.1) is 11.6 Å². The zero-order chi connectivity index (χ0) is 21.8. The first-order valence-corrected chi connectivity index (χ1v) is 11.3. The summed E-state index contributed by atoms with van der Waals surface area (Å²) in [7, 11) is 0. The minimum absolute atomic E-state index is 0.0138. The molecular weight excluding hydrogens is 408 g/mol. The third kappa shape index (κ3) is 3.21. The zero-order valence-electron chi connectivity index (χ0n) is 17.5. The van der Waals surface area contributed by atoms with E-state index in [0.29, 0.717) is 22.7 Å². The van der Waals surface area contributed by atoms with E-state index >= 15 is 0 Å². The van der Waals surface area contributed by atoms with Crippen molar-refractivity contribution < 1.29 is 4.79 Å². The molecule has 6 heteroatoms. The molecule has 31 heavy (non-hydrogen) atoms. The SMILES string of the molecule is C=C1C=C(N2CCC3(CC2)CC(=N)c2cc(C#N)cc(Cl)c23)NC(=O)C2=C1CCCC2. The van der Waals surface area contributed by atoms with Gasteiger partial charge in [-0.15, -0.1) is 0 Å². The van der Waals surface area contributed by atoms with Crippen LogP contribution in [-0.2, 0) is 10.2 Å². The number of hydrogen-bond acceptors (Lipinski definition) is 4. The van der Waals surface area contributed by atoms with E-state index in [1.807, 2.05) is 6.08 Å². The first-order valence-electron chi connectivity index (χ1n) is 10.9. The van der Waals surface area contributed by atoms with Crippen molar-refractivity contribution in [1.82, 2.24) is 10.2 Å². The maximum absolute atomic E-state index is 12.9. The van der Waals surface area contributed by atoms with Gasteiger partial charge < -0.3 is 15.6 Å². The molecule has 1 spiro atoms. The lowest BCUT2D eigenvalue weighted by molar-refractivity contribution is -0.117. The molecule has 0 saturated carbocycles. The highest BCUT2D eigenvalue weighted by Gasteiger charge is 2.45. The Labute approximate surface area is 187 Å². The Morgan fingerprint density at radius 3 is 2.61 bits per heavy atom. The van der Waals surface area contributed by atoms with Crippen LogP contribution >= 0.6 is 11.6 Å². The number of fused-ring (bicyclic) bond motifs is 2.